The van der Waals surface area contributed by atoms with Crippen molar-refractivity contribution in [1.82, 2.24) is 5.32 Å². The van der Waals surface area contributed by atoms with Crippen molar-refractivity contribution in [3.05, 3.63) is 54.4 Å². The molecule has 0 aliphatic rings. The number of halogens is 1. The Bertz CT molecular complexity index is 393. The van der Waals surface area contributed by atoms with Gasteiger partial charge in [0.2, 0.25) is 0 Å². The first kappa shape index (κ1) is 11.2. The molecule has 0 saturated heterocycles. The molecular formula is C12H12FNO. The Morgan fingerprint density at radius 2 is 2.00 bits per heavy atom. The molecule has 0 unspecified atom stereocenters. The van der Waals surface area contributed by atoms with Crippen LogP contribution < -0.4 is 5.32 Å². The highest BCUT2D eigenvalue weighted by molar-refractivity contribution is 6.19. The number of amides is 1. The number of hydrogen-bond donors (Lipinski definition) is 1. The van der Waals surface area contributed by atoms with E-state index >= 15 is 0 Å². The minimum atomic E-state index is -0.325. The van der Waals surface area contributed by atoms with Crippen molar-refractivity contribution in [2.45, 2.75) is 0 Å². The van der Waals surface area contributed by atoms with Crippen LogP contribution in [0.3, 0.4) is 0 Å². The predicted molar refractivity (Wildman–Crippen MR) is 58.6 cm³/mol. The number of allylic oxidation sites excluding steroid dienone is 2. The van der Waals surface area contributed by atoms with Crippen molar-refractivity contribution in [1.29, 1.82) is 0 Å². The lowest BCUT2D eigenvalue weighted by molar-refractivity contribution is -0.115. The van der Waals surface area contributed by atoms with E-state index in [0.717, 1.165) is 0 Å². The first-order valence-corrected chi connectivity index (χ1v) is 4.49. The summed E-state index contributed by atoms with van der Waals surface area (Å²) in [4.78, 5) is 11.5. The van der Waals surface area contributed by atoms with Crippen molar-refractivity contribution >= 4 is 11.5 Å². The number of benzene rings is 1. The van der Waals surface area contributed by atoms with Gasteiger partial charge in [-0.3, -0.25) is 4.79 Å². The summed E-state index contributed by atoms with van der Waals surface area (Å²) in [6, 6.07) is 5.74. The van der Waals surface area contributed by atoms with Gasteiger partial charge < -0.3 is 5.32 Å². The van der Waals surface area contributed by atoms with Crippen LogP contribution in [-0.2, 0) is 4.79 Å². The van der Waals surface area contributed by atoms with Gasteiger partial charge in [0.05, 0.1) is 0 Å². The van der Waals surface area contributed by atoms with Gasteiger partial charge in [0.1, 0.15) is 5.82 Å². The van der Waals surface area contributed by atoms with Gasteiger partial charge in [0.25, 0.3) is 5.91 Å². The van der Waals surface area contributed by atoms with Gasteiger partial charge in [-0.25, -0.2) is 4.39 Å². The summed E-state index contributed by atoms with van der Waals surface area (Å²) in [5.74, 6) is -0.546. The molecule has 1 amide bonds. The summed E-state index contributed by atoms with van der Waals surface area (Å²) in [5.41, 5.74) is 1.13. The highest BCUT2D eigenvalue weighted by Gasteiger charge is 2.08. The number of rotatable bonds is 3. The van der Waals surface area contributed by atoms with Crippen LogP contribution in [0.1, 0.15) is 5.56 Å². The Hall–Kier alpha value is -1.90. The number of hydrogen-bond acceptors (Lipinski definition) is 1. The zero-order valence-corrected chi connectivity index (χ0v) is 8.46. The molecule has 15 heavy (non-hydrogen) atoms. The number of carbonyl (C=O) groups is 1. The summed E-state index contributed by atoms with van der Waals surface area (Å²) in [6.07, 6.45) is 3.11. The SMILES string of the molecule is C=CC=C(C(=O)NC)c1ccc(F)cc1. The van der Waals surface area contributed by atoms with E-state index in [2.05, 4.69) is 11.9 Å². The fourth-order valence-corrected chi connectivity index (χ4v) is 1.18. The Labute approximate surface area is 88.1 Å². The van der Waals surface area contributed by atoms with Crippen molar-refractivity contribution in [3.63, 3.8) is 0 Å². The maximum absolute atomic E-state index is 12.7. The smallest absolute Gasteiger partial charge is 0.251 e. The van der Waals surface area contributed by atoms with Crippen LogP contribution in [-0.4, -0.2) is 13.0 Å². The molecule has 1 rings (SSSR count). The fourth-order valence-electron chi connectivity index (χ4n) is 1.18. The largest absolute Gasteiger partial charge is 0.355 e. The van der Waals surface area contributed by atoms with E-state index in [1.807, 2.05) is 0 Å². The van der Waals surface area contributed by atoms with E-state index in [1.165, 1.54) is 18.2 Å². The maximum Gasteiger partial charge on any atom is 0.251 e. The van der Waals surface area contributed by atoms with E-state index in [0.29, 0.717) is 11.1 Å². The molecule has 0 saturated carbocycles. The Morgan fingerprint density at radius 1 is 1.40 bits per heavy atom. The van der Waals surface area contributed by atoms with Gasteiger partial charge >= 0.3 is 0 Å². The fraction of sp³-hybridized carbons (Fsp3) is 0.0833. The molecule has 1 aromatic carbocycles. The summed E-state index contributed by atoms with van der Waals surface area (Å²) < 4.78 is 12.7. The average Bonchev–Trinajstić information content (AvgIpc) is 2.26. The Balaban J connectivity index is 3.10. The van der Waals surface area contributed by atoms with Crippen LogP contribution in [0.15, 0.2) is 43.0 Å². The van der Waals surface area contributed by atoms with Crippen molar-refractivity contribution < 1.29 is 9.18 Å². The molecule has 2 nitrogen and oxygen atoms in total. The van der Waals surface area contributed by atoms with Crippen molar-refractivity contribution in [2.75, 3.05) is 7.05 Å². The second kappa shape index (κ2) is 5.10. The molecule has 0 heterocycles. The summed E-state index contributed by atoms with van der Waals surface area (Å²) in [6.45, 7) is 3.53. The van der Waals surface area contributed by atoms with Crippen LogP contribution in [0.25, 0.3) is 5.57 Å². The summed E-state index contributed by atoms with van der Waals surface area (Å²) in [7, 11) is 1.54. The normalized spacial score (nSPS) is 10.9. The lowest BCUT2D eigenvalue weighted by Gasteiger charge is -2.05. The van der Waals surface area contributed by atoms with E-state index in [1.54, 1.807) is 25.3 Å². The third kappa shape index (κ3) is 2.77. The number of likely N-dealkylation sites (N-methyl/N-ethyl adjacent to an activating group) is 1. The maximum atomic E-state index is 12.7. The molecule has 0 aliphatic heterocycles. The Kier molecular flexibility index (Phi) is 3.80. The minimum Gasteiger partial charge on any atom is -0.355 e. The topological polar surface area (TPSA) is 29.1 Å². The van der Waals surface area contributed by atoms with Crippen molar-refractivity contribution in [2.24, 2.45) is 0 Å². The van der Waals surface area contributed by atoms with E-state index in [4.69, 9.17) is 0 Å². The molecule has 0 fully saturated rings. The van der Waals surface area contributed by atoms with Crippen molar-refractivity contribution in [3.8, 4) is 0 Å². The van der Waals surface area contributed by atoms with Gasteiger partial charge in [-0.15, -0.1) is 0 Å². The molecule has 1 aromatic rings. The van der Waals surface area contributed by atoms with Crippen LogP contribution >= 0.6 is 0 Å². The second-order valence-electron chi connectivity index (χ2n) is 2.90. The third-order valence-corrected chi connectivity index (χ3v) is 1.91. The van der Waals surface area contributed by atoms with Gasteiger partial charge in [-0.05, 0) is 23.8 Å². The van der Waals surface area contributed by atoms with E-state index < -0.39 is 0 Å². The standard InChI is InChI=1S/C12H12FNO/c1-3-4-11(12(15)14-2)9-5-7-10(13)8-6-9/h3-8H,1H2,2H3,(H,14,15). The van der Waals surface area contributed by atoms with Crippen LogP contribution in [0.4, 0.5) is 4.39 Å². The van der Waals surface area contributed by atoms with E-state index in [-0.39, 0.29) is 11.7 Å². The zero-order valence-electron chi connectivity index (χ0n) is 8.46. The average molecular weight is 205 g/mol. The van der Waals surface area contributed by atoms with Gasteiger partial charge in [-0.1, -0.05) is 24.8 Å². The highest BCUT2D eigenvalue weighted by Crippen LogP contribution is 2.15. The lowest BCUT2D eigenvalue weighted by Crippen LogP contribution is -2.19. The summed E-state index contributed by atoms with van der Waals surface area (Å²) in [5, 5.41) is 2.51. The molecular weight excluding hydrogens is 193 g/mol. The first-order valence-electron chi connectivity index (χ1n) is 4.49. The Morgan fingerprint density at radius 3 is 2.47 bits per heavy atom. The number of nitrogens with one attached hydrogen (secondary N) is 1. The summed E-state index contributed by atoms with van der Waals surface area (Å²) >= 11 is 0. The second-order valence-corrected chi connectivity index (χ2v) is 2.90. The molecule has 0 bridgehead atoms. The van der Waals surface area contributed by atoms with Crippen LogP contribution in [0.5, 0.6) is 0 Å². The lowest BCUT2D eigenvalue weighted by atomic mass is 10.0. The monoisotopic (exact) mass is 205 g/mol. The minimum absolute atomic E-state index is 0.221. The molecule has 0 atom stereocenters. The van der Waals surface area contributed by atoms with Gasteiger partial charge in [-0.2, -0.15) is 0 Å². The zero-order chi connectivity index (χ0) is 11.3. The molecule has 0 aliphatic carbocycles. The quantitative estimate of drug-likeness (QED) is 0.594. The molecule has 0 radical (unpaired) electrons. The molecule has 3 heteroatoms. The first-order chi connectivity index (χ1) is 7.19. The molecule has 0 spiro atoms. The van der Waals surface area contributed by atoms with Gasteiger partial charge in [0.15, 0.2) is 0 Å². The van der Waals surface area contributed by atoms with Gasteiger partial charge in [0, 0.05) is 12.6 Å². The third-order valence-electron chi connectivity index (χ3n) is 1.91. The molecule has 0 aromatic heterocycles. The van der Waals surface area contributed by atoms with E-state index in [9.17, 15) is 9.18 Å². The molecule has 78 valence electrons. The highest BCUT2D eigenvalue weighted by atomic mass is 19.1. The van der Waals surface area contributed by atoms with Crippen LogP contribution in [0.2, 0.25) is 0 Å². The van der Waals surface area contributed by atoms with Crippen LogP contribution in [0, 0.1) is 5.82 Å². The number of carbonyl (C=O) groups excluding carboxylic acids is 1. The predicted octanol–water partition coefficient (Wildman–Crippen LogP) is 2.14. The molecule has 1 N–H and O–H groups in total.